The third-order valence-electron chi connectivity index (χ3n) is 4.66. The lowest BCUT2D eigenvalue weighted by Crippen LogP contribution is -2.47. The highest BCUT2D eigenvalue weighted by atomic mass is 16.6. The lowest BCUT2D eigenvalue weighted by atomic mass is 9.91. The van der Waals surface area contributed by atoms with Crippen LogP contribution in [0.1, 0.15) is 72.6 Å². The maximum atomic E-state index is 6.53. The monoisotopic (exact) mass is 269 g/mol. The van der Waals surface area contributed by atoms with Crippen LogP contribution in [0, 0.1) is 0 Å². The van der Waals surface area contributed by atoms with Crippen LogP contribution in [0.15, 0.2) is 0 Å². The summed E-state index contributed by atoms with van der Waals surface area (Å²) in [6.07, 6.45) is 8.45. The highest BCUT2D eigenvalue weighted by Crippen LogP contribution is 2.39. The molecule has 19 heavy (non-hydrogen) atoms. The number of ether oxygens (including phenoxy) is 2. The van der Waals surface area contributed by atoms with Crippen molar-refractivity contribution in [3.05, 3.63) is 0 Å². The molecular weight excluding hydrogens is 238 g/mol. The fraction of sp³-hybridized carbons (Fsp3) is 1.00. The van der Waals surface area contributed by atoms with Crippen molar-refractivity contribution in [1.29, 1.82) is 0 Å². The van der Waals surface area contributed by atoms with E-state index in [0.29, 0.717) is 6.61 Å². The SMILES string of the molecule is CC1(C)CC(OCC2(N)CCCCCC2)C(C)(C)O1. The second-order valence-corrected chi connectivity index (χ2v) is 7.75. The molecule has 1 saturated carbocycles. The first-order chi connectivity index (χ1) is 8.73. The van der Waals surface area contributed by atoms with E-state index in [-0.39, 0.29) is 22.8 Å². The van der Waals surface area contributed by atoms with E-state index < -0.39 is 0 Å². The van der Waals surface area contributed by atoms with Crippen LogP contribution in [0.4, 0.5) is 0 Å². The van der Waals surface area contributed by atoms with Crippen molar-refractivity contribution < 1.29 is 9.47 Å². The maximum Gasteiger partial charge on any atom is 0.0895 e. The molecule has 3 heteroatoms. The van der Waals surface area contributed by atoms with Crippen molar-refractivity contribution in [3.8, 4) is 0 Å². The molecule has 0 aromatic rings. The zero-order valence-electron chi connectivity index (χ0n) is 13.1. The van der Waals surface area contributed by atoms with Crippen LogP contribution in [0.2, 0.25) is 0 Å². The summed E-state index contributed by atoms with van der Waals surface area (Å²) in [6.45, 7) is 9.22. The molecule has 2 N–H and O–H groups in total. The Morgan fingerprint density at radius 1 is 1.05 bits per heavy atom. The first-order valence-electron chi connectivity index (χ1n) is 7.83. The summed E-state index contributed by atoms with van der Waals surface area (Å²) in [6, 6.07) is 0. The van der Waals surface area contributed by atoms with Crippen LogP contribution in [-0.2, 0) is 9.47 Å². The molecule has 112 valence electrons. The Hall–Kier alpha value is -0.120. The Balaban J connectivity index is 1.91. The lowest BCUT2D eigenvalue weighted by molar-refractivity contribution is -0.108. The molecule has 1 aliphatic heterocycles. The first kappa shape index (κ1) is 15.3. The molecule has 0 radical (unpaired) electrons. The summed E-state index contributed by atoms with van der Waals surface area (Å²) >= 11 is 0. The summed E-state index contributed by atoms with van der Waals surface area (Å²) in [5.74, 6) is 0. The molecule has 0 aromatic heterocycles. The molecule has 2 rings (SSSR count). The van der Waals surface area contributed by atoms with Crippen LogP contribution in [-0.4, -0.2) is 29.5 Å². The van der Waals surface area contributed by atoms with Gasteiger partial charge < -0.3 is 15.2 Å². The van der Waals surface area contributed by atoms with Crippen molar-refractivity contribution in [3.63, 3.8) is 0 Å². The Kier molecular flexibility index (Phi) is 4.29. The van der Waals surface area contributed by atoms with Gasteiger partial charge >= 0.3 is 0 Å². The molecule has 1 atom stereocenters. The Labute approximate surface area is 118 Å². The summed E-state index contributed by atoms with van der Waals surface area (Å²) in [4.78, 5) is 0. The average Bonchev–Trinajstić information content (AvgIpc) is 2.42. The molecule has 1 heterocycles. The second kappa shape index (κ2) is 5.34. The topological polar surface area (TPSA) is 44.5 Å². The van der Waals surface area contributed by atoms with Gasteiger partial charge in [-0.25, -0.2) is 0 Å². The Bertz CT molecular complexity index is 304. The predicted molar refractivity (Wildman–Crippen MR) is 78.2 cm³/mol. The summed E-state index contributed by atoms with van der Waals surface area (Å²) in [5, 5.41) is 0. The van der Waals surface area contributed by atoms with E-state index in [1.54, 1.807) is 0 Å². The van der Waals surface area contributed by atoms with Gasteiger partial charge in [-0.15, -0.1) is 0 Å². The van der Waals surface area contributed by atoms with Gasteiger partial charge in [-0.2, -0.15) is 0 Å². The van der Waals surface area contributed by atoms with Crippen LogP contribution in [0.25, 0.3) is 0 Å². The molecule has 0 aromatic carbocycles. The van der Waals surface area contributed by atoms with Crippen molar-refractivity contribution in [2.75, 3.05) is 6.61 Å². The molecule has 1 saturated heterocycles. The van der Waals surface area contributed by atoms with Crippen LogP contribution in [0.3, 0.4) is 0 Å². The van der Waals surface area contributed by atoms with Gasteiger partial charge in [-0.3, -0.25) is 0 Å². The summed E-state index contributed by atoms with van der Waals surface area (Å²) in [5.41, 5.74) is 6.13. The molecule has 2 fully saturated rings. The molecule has 2 aliphatic rings. The largest absolute Gasteiger partial charge is 0.373 e. The van der Waals surface area contributed by atoms with Gasteiger partial charge in [-0.1, -0.05) is 25.7 Å². The van der Waals surface area contributed by atoms with Crippen LogP contribution in [0.5, 0.6) is 0 Å². The average molecular weight is 269 g/mol. The maximum absolute atomic E-state index is 6.53. The van der Waals surface area contributed by atoms with Gasteiger partial charge in [0.2, 0.25) is 0 Å². The van der Waals surface area contributed by atoms with Gasteiger partial charge in [0.05, 0.1) is 23.9 Å². The van der Waals surface area contributed by atoms with Crippen LogP contribution >= 0.6 is 0 Å². The van der Waals surface area contributed by atoms with Gasteiger partial charge in [0.15, 0.2) is 0 Å². The van der Waals surface area contributed by atoms with Crippen LogP contribution < -0.4 is 5.73 Å². The second-order valence-electron chi connectivity index (χ2n) is 7.75. The number of nitrogens with two attached hydrogens (primary N) is 1. The standard InChI is InChI=1S/C16H31NO2/c1-14(2)11-13(15(3,4)19-14)18-12-16(17)9-7-5-6-8-10-16/h13H,5-12,17H2,1-4H3. The van der Waals surface area contributed by atoms with Gasteiger partial charge in [0.25, 0.3) is 0 Å². The first-order valence-corrected chi connectivity index (χ1v) is 7.83. The minimum absolute atomic E-state index is 0.0839. The summed E-state index contributed by atoms with van der Waals surface area (Å²) in [7, 11) is 0. The van der Waals surface area contributed by atoms with Gasteiger partial charge in [0.1, 0.15) is 0 Å². The number of rotatable bonds is 3. The minimum Gasteiger partial charge on any atom is -0.373 e. The van der Waals surface area contributed by atoms with E-state index in [9.17, 15) is 0 Å². The number of hydrogen-bond donors (Lipinski definition) is 1. The smallest absolute Gasteiger partial charge is 0.0895 e. The van der Waals surface area contributed by atoms with Crippen molar-refractivity contribution in [2.24, 2.45) is 5.73 Å². The van der Waals surface area contributed by atoms with E-state index in [1.165, 1.54) is 25.7 Å². The Morgan fingerprint density at radius 3 is 2.11 bits per heavy atom. The fourth-order valence-corrected chi connectivity index (χ4v) is 3.61. The van der Waals surface area contributed by atoms with E-state index >= 15 is 0 Å². The van der Waals surface area contributed by atoms with Crippen molar-refractivity contribution >= 4 is 0 Å². The van der Waals surface area contributed by atoms with Crippen molar-refractivity contribution in [1.82, 2.24) is 0 Å². The normalized spacial score (nSPS) is 33.0. The summed E-state index contributed by atoms with van der Waals surface area (Å²) < 4.78 is 12.3. The molecule has 0 spiro atoms. The van der Waals surface area contributed by atoms with Crippen molar-refractivity contribution in [2.45, 2.75) is 95.5 Å². The third kappa shape index (κ3) is 3.93. The molecule has 1 aliphatic carbocycles. The predicted octanol–water partition coefficient (Wildman–Crippen LogP) is 3.40. The molecule has 1 unspecified atom stereocenters. The van der Waals surface area contributed by atoms with E-state index in [4.69, 9.17) is 15.2 Å². The molecular formula is C16H31NO2. The highest BCUT2D eigenvalue weighted by molar-refractivity contribution is 4.96. The lowest BCUT2D eigenvalue weighted by Gasteiger charge is -2.32. The molecule has 3 nitrogen and oxygen atoms in total. The zero-order valence-corrected chi connectivity index (χ0v) is 13.1. The highest BCUT2D eigenvalue weighted by Gasteiger charge is 2.47. The third-order valence-corrected chi connectivity index (χ3v) is 4.66. The van der Waals surface area contributed by atoms with E-state index in [0.717, 1.165) is 19.3 Å². The molecule has 0 bridgehead atoms. The van der Waals surface area contributed by atoms with Gasteiger partial charge in [-0.05, 0) is 40.5 Å². The quantitative estimate of drug-likeness (QED) is 0.799. The van der Waals surface area contributed by atoms with Gasteiger partial charge in [0, 0.05) is 12.0 Å². The molecule has 0 amide bonds. The Morgan fingerprint density at radius 2 is 1.63 bits per heavy atom. The van der Waals surface area contributed by atoms with E-state index in [1.807, 2.05) is 0 Å². The zero-order chi connectivity index (χ0) is 14.1. The fourth-order valence-electron chi connectivity index (χ4n) is 3.61. The minimum atomic E-state index is -0.204. The number of hydrogen-bond acceptors (Lipinski definition) is 3. The van der Waals surface area contributed by atoms with E-state index in [2.05, 4.69) is 27.7 Å².